The Morgan fingerprint density at radius 1 is 1.05 bits per heavy atom. The number of benzene rings is 1. The first kappa shape index (κ1) is 28.7. The second-order valence-corrected chi connectivity index (χ2v) is 10.3. The summed E-state index contributed by atoms with van der Waals surface area (Å²) in [6.07, 6.45) is 2.70. The van der Waals surface area contributed by atoms with Crippen molar-refractivity contribution >= 4 is 58.5 Å². The minimum absolute atomic E-state index is 0. The lowest BCUT2D eigenvalue weighted by Crippen LogP contribution is -2.62. The van der Waals surface area contributed by atoms with Gasteiger partial charge >= 0.3 is 11.8 Å². The van der Waals surface area contributed by atoms with Gasteiger partial charge in [0, 0.05) is 48.0 Å². The van der Waals surface area contributed by atoms with Crippen LogP contribution in [0.1, 0.15) is 42.6 Å². The van der Waals surface area contributed by atoms with E-state index in [-0.39, 0.29) is 36.2 Å². The Kier molecular flexibility index (Phi) is 9.44. The maximum Gasteiger partial charge on any atom is 0.312 e. The number of rotatable bonds is 5. The van der Waals surface area contributed by atoms with E-state index in [0.717, 1.165) is 10.9 Å². The predicted molar refractivity (Wildman–Crippen MR) is 144 cm³/mol. The molecule has 4 rings (SSSR count). The predicted octanol–water partition coefficient (Wildman–Crippen LogP) is 1.66. The van der Waals surface area contributed by atoms with Crippen molar-refractivity contribution in [3.8, 4) is 0 Å². The summed E-state index contributed by atoms with van der Waals surface area (Å²) in [5.74, 6) is -2.49. The van der Waals surface area contributed by atoms with Gasteiger partial charge < -0.3 is 31.2 Å². The SMILES string of the molecule is CN(C)C(=O)[C@H]1CC[C@H](NC(=O)c2cc3cc(Cl)ccc3[nH]2)[C@H](N(C(=O)C(N)=O)C2CCNCC2)C1.Cl. The first-order valence-electron chi connectivity index (χ1n) is 12.3. The lowest BCUT2D eigenvalue weighted by Gasteiger charge is -2.46. The lowest BCUT2D eigenvalue weighted by atomic mass is 9.79. The molecule has 3 atom stereocenters. The Morgan fingerprint density at radius 3 is 2.41 bits per heavy atom. The van der Waals surface area contributed by atoms with Gasteiger partial charge in [-0.25, -0.2) is 0 Å². The number of nitrogens with two attached hydrogens (primary N) is 1. The van der Waals surface area contributed by atoms with Gasteiger partial charge in [0.05, 0.1) is 6.04 Å². The first-order valence-corrected chi connectivity index (χ1v) is 12.7. The van der Waals surface area contributed by atoms with Crippen molar-refractivity contribution in [1.29, 1.82) is 0 Å². The van der Waals surface area contributed by atoms with E-state index >= 15 is 0 Å². The Hall–Kier alpha value is -2.82. The summed E-state index contributed by atoms with van der Waals surface area (Å²) in [7, 11) is 3.40. The monoisotopic (exact) mass is 552 g/mol. The summed E-state index contributed by atoms with van der Waals surface area (Å²) in [5, 5.41) is 7.72. The molecule has 1 aromatic heterocycles. The molecule has 0 bridgehead atoms. The van der Waals surface area contributed by atoms with E-state index < -0.39 is 23.9 Å². The van der Waals surface area contributed by atoms with Crippen molar-refractivity contribution in [1.82, 2.24) is 25.4 Å². The number of halogens is 2. The molecule has 5 N–H and O–H groups in total. The number of aromatic amines is 1. The van der Waals surface area contributed by atoms with Gasteiger partial charge in [0.15, 0.2) is 0 Å². The standard InChI is InChI=1S/C25H33ClN6O4.ClH/c1-31(2)24(35)14-3-5-19(30-23(34)20-12-15-11-16(26)4-6-18(15)29-20)21(13-14)32(25(36)22(27)33)17-7-9-28-10-8-17;/h4,6,11-12,14,17,19,21,28-29H,3,5,7-10,13H2,1-2H3,(H2,27,33)(H,30,34);1H/t14-,19-,21+;/m0./s1. The molecular formula is C25H34Cl2N6O4. The van der Waals surface area contributed by atoms with Crippen LogP contribution >= 0.6 is 24.0 Å². The van der Waals surface area contributed by atoms with Crippen molar-refractivity contribution in [2.75, 3.05) is 27.2 Å². The van der Waals surface area contributed by atoms with Crippen molar-refractivity contribution in [2.24, 2.45) is 11.7 Å². The van der Waals surface area contributed by atoms with E-state index in [2.05, 4.69) is 15.6 Å². The van der Waals surface area contributed by atoms with Gasteiger partial charge in [-0.2, -0.15) is 0 Å². The molecule has 10 nitrogen and oxygen atoms in total. The van der Waals surface area contributed by atoms with Gasteiger partial charge in [0.25, 0.3) is 5.91 Å². The van der Waals surface area contributed by atoms with Crippen LogP contribution in [0.4, 0.5) is 0 Å². The molecule has 202 valence electrons. The van der Waals surface area contributed by atoms with Crippen LogP contribution in [0, 0.1) is 5.92 Å². The molecule has 37 heavy (non-hydrogen) atoms. The summed E-state index contributed by atoms with van der Waals surface area (Å²) in [5.41, 5.74) is 6.61. The first-order chi connectivity index (χ1) is 17.2. The van der Waals surface area contributed by atoms with Crippen molar-refractivity contribution in [3.05, 3.63) is 35.0 Å². The largest absolute Gasteiger partial charge is 0.361 e. The van der Waals surface area contributed by atoms with Crippen LogP contribution in [0.15, 0.2) is 24.3 Å². The number of hydrogen-bond donors (Lipinski definition) is 4. The molecule has 1 saturated heterocycles. The quantitative estimate of drug-likeness (QED) is 0.417. The number of fused-ring (bicyclic) bond motifs is 1. The zero-order chi connectivity index (χ0) is 26.0. The second kappa shape index (κ2) is 12.1. The van der Waals surface area contributed by atoms with E-state index in [0.29, 0.717) is 55.9 Å². The molecule has 1 aliphatic heterocycles. The molecule has 1 aliphatic carbocycles. The van der Waals surface area contributed by atoms with Crippen molar-refractivity contribution in [2.45, 2.75) is 50.2 Å². The number of H-pyrrole nitrogens is 1. The third kappa shape index (κ3) is 6.37. The summed E-state index contributed by atoms with van der Waals surface area (Å²) < 4.78 is 0. The normalized spacial score (nSPS) is 22.1. The maximum absolute atomic E-state index is 13.3. The fourth-order valence-electron chi connectivity index (χ4n) is 5.48. The van der Waals surface area contributed by atoms with Crippen LogP contribution in [0.5, 0.6) is 0 Å². The molecule has 2 fully saturated rings. The van der Waals surface area contributed by atoms with Crippen LogP contribution < -0.4 is 16.4 Å². The van der Waals surface area contributed by atoms with E-state index in [9.17, 15) is 19.2 Å². The average Bonchev–Trinajstić information content (AvgIpc) is 3.28. The van der Waals surface area contributed by atoms with Gasteiger partial charge in [-0.05, 0) is 69.5 Å². The molecule has 1 saturated carbocycles. The van der Waals surface area contributed by atoms with Gasteiger partial charge in [0.2, 0.25) is 5.91 Å². The summed E-state index contributed by atoms with van der Waals surface area (Å²) in [6, 6.07) is 5.85. The summed E-state index contributed by atoms with van der Waals surface area (Å²) in [4.78, 5) is 57.5. The second-order valence-electron chi connectivity index (χ2n) is 9.86. The number of hydrogen-bond acceptors (Lipinski definition) is 5. The molecule has 0 radical (unpaired) electrons. The molecule has 2 aliphatic rings. The highest BCUT2D eigenvalue weighted by molar-refractivity contribution is 6.34. The number of carbonyl (C=O) groups excluding carboxylic acids is 4. The van der Waals surface area contributed by atoms with Crippen LogP contribution in [-0.2, 0) is 14.4 Å². The molecular weight excluding hydrogens is 519 g/mol. The third-order valence-electron chi connectivity index (χ3n) is 7.26. The zero-order valence-electron chi connectivity index (χ0n) is 21.0. The Bertz CT molecular complexity index is 1160. The minimum atomic E-state index is -1.04. The number of nitrogens with zero attached hydrogens (tertiary/aromatic N) is 2. The molecule has 1 aromatic carbocycles. The maximum atomic E-state index is 13.3. The van der Waals surface area contributed by atoms with Crippen LogP contribution in [-0.4, -0.2) is 83.7 Å². The number of amides is 4. The molecule has 2 aromatic rings. The van der Waals surface area contributed by atoms with Crippen LogP contribution in [0.3, 0.4) is 0 Å². The van der Waals surface area contributed by atoms with Gasteiger partial charge in [0.1, 0.15) is 5.69 Å². The summed E-state index contributed by atoms with van der Waals surface area (Å²) >= 11 is 6.08. The number of aromatic nitrogens is 1. The summed E-state index contributed by atoms with van der Waals surface area (Å²) in [6.45, 7) is 1.41. The topological polar surface area (TPSA) is 141 Å². The van der Waals surface area contributed by atoms with Crippen LogP contribution in [0.2, 0.25) is 5.02 Å². The Labute approximate surface area is 227 Å². The minimum Gasteiger partial charge on any atom is -0.361 e. The highest BCUT2D eigenvalue weighted by Gasteiger charge is 2.43. The molecule has 4 amide bonds. The number of nitrogens with one attached hydrogen (secondary N) is 3. The lowest BCUT2D eigenvalue weighted by molar-refractivity contribution is -0.150. The van der Waals surface area contributed by atoms with E-state index in [4.69, 9.17) is 17.3 Å². The Morgan fingerprint density at radius 2 is 1.76 bits per heavy atom. The number of carbonyl (C=O) groups is 4. The van der Waals surface area contributed by atoms with E-state index in [1.807, 2.05) is 0 Å². The van der Waals surface area contributed by atoms with E-state index in [1.54, 1.807) is 48.2 Å². The molecule has 12 heteroatoms. The fourth-order valence-corrected chi connectivity index (χ4v) is 5.66. The molecule has 2 heterocycles. The highest BCUT2D eigenvalue weighted by Crippen LogP contribution is 2.32. The fraction of sp³-hybridized carbons (Fsp3) is 0.520. The van der Waals surface area contributed by atoms with Crippen molar-refractivity contribution in [3.63, 3.8) is 0 Å². The Balaban J connectivity index is 0.00000380. The molecule has 0 spiro atoms. The average molecular weight is 553 g/mol. The molecule has 0 unspecified atom stereocenters. The van der Waals surface area contributed by atoms with Crippen molar-refractivity contribution < 1.29 is 19.2 Å². The number of piperidine rings is 1. The van der Waals surface area contributed by atoms with Gasteiger partial charge in [-0.1, -0.05) is 11.6 Å². The van der Waals surface area contributed by atoms with Gasteiger partial charge in [-0.15, -0.1) is 12.4 Å². The van der Waals surface area contributed by atoms with Crippen LogP contribution in [0.25, 0.3) is 10.9 Å². The van der Waals surface area contributed by atoms with E-state index in [1.165, 1.54) is 0 Å². The third-order valence-corrected chi connectivity index (χ3v) is 7.49. The van der Waals surface area contributed by atoms with Gasteiger partial charge in [-0.3, -0.25) is 19.2 Å². The smallest absolute Gasteiger partial charge is 0.312 e. The zero-order valence-corrected chi connectivity index (χ0v) is 22.5. The number of primary amides is 1. The highest BCUT2D eigenvalue weighted by atomic mass is 35.5.